The predicted octanol–water partition coefficient (Wildman–Crippen LogP) is 1.74. The summed E-state index contributed by atoms with van der Waals surface area (Å²) in [7, 11) is 1.85. The fraction of sp³-hybridized carbons (Fsp3) is 0.533. The van der Waals surface area contributed by atoms with Crippen molar-refractivity contribution in [3.63, 3.8) is 0 Å². The van der Waals surface area contributed by atoms with Crippen LogP contribution in [-0.2, 0) is 11.3 Å². The van der Waals surface area contributed by atoms with E-state index in [0.29, 0.717) is 6.54 Å². The summed E-state index contributed by atoms with van der Waals surface area (Å²) in [5.74, 6) is 0.463. The van der Waals surface area contributed by atoms with E-state index in [2.05, 4.69) is 12.2 Å². The Morgan fingerprint density at radius 3 is 2.47 bits per heavy atom. The van der Waals surface area contributed by atoms with Crippen LogP contribution in [0.15, 0.2) is 24.3 Å². The van der Waals surface area contributed by atoms with Gasteiger partial charge in [-0.2, -0.15) is 0 Å². The van der Waals surface area contributed by atoms with Crippen molar-refractivity contribution >= 4 is 5.91 Å². The number of carbonyl (C=O) groups is 1. The van der Waals surface area contributed by atoms with Crippen LogP contribution in [0.3, 0.4) is 0 Å². The molecule has 0 aliphatic carbocycles. The molecule has 0 saturated carbocycles. The van der Waals surface area contributed by atoms with Crippen LogP contribution in [-0.4, -0.2) is 36.1 Å². The van der Waals surface area contributed by atoms with E-state index in [1.807, 2.05) is 19.2 Å². The fourth-order valence-electron chi connectivity index (χ4n) is 2.60. The quantitative estimate of drug-likeness (QED) is 0.872. The second-order valence-electron chi connectivity index (χ2n) is 5.64. The summed E-state index contributed by atoms with van der Waals surface area (Å²) in [6.07, 6.45) is 1.79. The van der Waals surface area contributed by atoms with Crippen molar-refractivity contribution in [2.45, 2.75) is 26.3 Å². The van der Waals surface area contributed by atoms with Crippen molar-refractivity contribution in [3.05, 3.63) is 29.8 Å². The Balaban J connectivity index is 2.00. The summed E-state index contributed by atoms with van der Waals surface area (Å²) in [5.41, 5.74) is 0.794. The van der Waals surface area contributed by atoms with Crippen LogP contribution >= 0.6 is 0 Å². The first-order valence-electron chi connectivity index (χ1n) is 6.75. The highest BCUT2D eigenvalue weighted by molar-refractivity contribution is 5.82. The molecule has 19 heavy (non-hydrogen) atoms. The molecule has 1 heterocycles. The third kappa shape index (κ3) is 3.26. The minimum Gasteiger partial charge on any atom is -0.508 e. The second kappa shape index (κ2) is 5.61. The Labute approximate surface area is 114 Å². The average molecular weight is 262 g/mol. The Kier molecular flexibility index (Phi) is 4.10. The minimum absolute atomic E-state index is 0.210. The zero-order valence-electron chi connectivity index (χ0n) is 11.6. The Morgan fingerprint density at radius 2 is 1.89 bits per heavy atom. The lowest BCUT2D eigenvalue weighted by atomic mass is 9.79. The number of nitrogens with zero attached hydrogens (tertiary/aromatic N) is 1. The van der Waals surface area contributed by atoms with E-state index < -0.39 is 0 Å². The van der Waals surface area contributed by atoms with Gasteiger partial charge in [-0.1, -0.05) is 19.1 Å². The maximum absolute atomic E-state index is 12.5. The Bertz CT molecular complexity index is 436. The van der Waals surface area contributed by atoms with Gasteiger partial charge >= 0.3 is 0 Å². The van der Waals surface area contributed by atoms with Crippen LogP contribution in [0.2, 0.25) is 0 Å². The van der Waals surface area contributed by atoms with Crippen molar-refractivity contribution < 1.29 is 9.90 Å². The standard InChI is InChI=1S/C15H22N2O2/c1-15(7-9-16-10-8-15)14(19)17(2)11-12-3-5-13(18)6-4-12/h3-6,16,18H,7-11H2,1-2H3. The number of nitrogens with one attached hydrogen (secondary N) is 1. The zero-order valence-corrected chi connectivity index (χ0v) is 11.6. The number of rotatable bonds is 3. The van der Waals surface area contributed by atoms with Crippen LogP contribution in [0.25, 0.3) is 0 Å². The average Bonchev–Trinajstić information content (AvgIpc) is 2.41. The highest BCUT2D eigenvalue weighted by Gasteiger charge is 2.36. The number of amides is 1. The lowest BCUT2D eigenvalue weighted by Gasteiger charge is -2.36. The largest absolute Gasteiger partial charge is 0.508 e. The van der Waals surface area contributed by atoms with Crippen molar-refractivity contribution in [3.8, 4) is 5.75 Å². The van der Waals surface area contributed by atoms with E-state index in [9.17, 15) is 9.90 Å². The monoisotopic (exact) mass is 262 g/mol. The van der Waals surface area contributed by atoms with Gasteiger partial charge in [-0.25, -0.2) is 0 Å². The second-order valence-corrected chi connectivity index (χ2v) is 5.64. The maximum atomic E-state index is 12.5. The molecular formula is C15H22N2O2. The molecule has 4 heteroatoms. The topological polar surface area (TPSA) is 52.6 Å². The number of hydrogen-bond donors (Lipinski definition) is 2. The van der Waals surface area contributed by atoms with Gasteiger partial charge in [-0.05, 0) is 43.6 Å². The van der Waals surface area contributed by atoms with Gasteiger partial charge in [0, 0.05) is 19.0 Å². The minimum atomic E-state index is -0.239. The summed E-state index contributed by atoms with van der Waals surface area (Å²) in [4.78, 5) is 14.3. The van der Waals surface area contributed by atoms with Crippen molar-refractivity contribution in [2.75, 3.05) is 20.1 Å². The molecule has 1 amide bonds. The van der Waals surface area contributed by atoms with E-state index >= 15 is 0 Å². The predicted molar refractivity (Wildman–Crippen MR) is 74.8 cm³/mol. The normalized spacial score (nSPS) is 18.0. The molecule has 0 bridgehead atoms. The van der Waals surface area contributed by atoms with E-state index in [1.54, 1.807) is 17.0 Å². The highest BCUT2D eigenvalue weighted by atomic mass is 16.3. The molecule has 1 aromatic carbocycles. The number of phenolic OH excluding ortho intramolecular Hbond substituents is 1. The lowest BCUT2D eigenvalue weighted by Crippen LogP contribution is -2.46. The molecule has 0 unspecified atom stereocenters. The highest BCUT2D eigenvalue weighted by Crippen LogP contribution is 2.30. The first-order valence-corrected chi connectivity index (χ1v) is 6.75. The molecule has 2 rings (SSSR count). The van der Waals surface area contributed by atoms with E-state index in [4.69, 9.17) is 0 Å². The van der Waals surface area contributed by atoms with E-state index in [-0.39, 0.29) is 17.1 Å². The molecule has 104 valence electrons. The van der Waals surface area contributed by atoms with Gasteiger partial charge < -0.3 is 15.3 Å². The molecule has 0 atom stereocenters. The summed E-state index contributed by atoms with van der Waals surface area (Å²) in [6, 6.07) is 7.01. The molecule has 1 fully saturated rings. The number of carbonyl (C=O) groups excluding carboxylic acids is 1. The van der Waals surface area contributed by atoms with Crippen LogP contribution < -0.4 is 5.32 Å². The summed E-state index contributed by atoms with van der Waals surface area (Å²) >= 11 is 0. The van der Waals surface area contributed by atoms with Crippen molar-refractivity contribution in [1.82, 2.24) is 10.2 Å². The van der Waals surface area contributed by atoms with Crippen LogP contribution in [0.1, 0.15) is 25.3 Å². The third-order valence-electron chi connectivity index (χ3n) is 3.93. The van der Waals surface area contributed by atoms with Crippen LogP contribution in [0.4, 0.5) is 0 Å². The van der Waals surface area contributed by atoms with Gasteiger partial charge in [0.05, 0.1) is 0 Å². The molecule has 4 nitrogen and oxygen atoms in total. The molecule has 1 aliphatic rings. The smallest absolute Gasteiger partial charge is 0.228 e. The molecule has 0 aromatic heterocycles. The van der Waals surface area contributed by atoms with Gasteiger partial charge in [0.25, 0.3) is 0 Å². The number of aromatic hydroxyl groups is 1. The van der Waals surface area contributed by atoms with E-state index in [1.165, 1.54) is 0 Å². The fourth-order valence-corrected chi connectivity index (χ4v) is 2.60. The molecule has 1 aliphatic heterocycles. The van der Waals surface area contributed by atoms with Crippen LogP contribution in [0.5, 0.6) is 5.75 Å². The summed E-state index contributed by atoms with van der Waals surface area (Å²) < 4.78 is 0. The number of hydrogen-bond acceptors (Lipinski definition) is 3. The van der Waals surface area contributed by atoms with Gasteiger partial charge in [0.15, 0.2) is 0 Å². The SMILES string of the molecule is CN(Cc1ccc(O)cc1)C(=O)C1(C)CCNCC1. The maximum Gasteiger partial charge on any atom is 0.228 e. The summed E-state index contributed by atoms with van der Waals surface area (Å²) in [6.45, 7) is 4.47. The van der Waals surface area contributed by atoms with Crippen LogP contribution in [0, 0.1) is 5.41 Å². The number of phenols is 1. The van der Waals surface area contributed by atoms with Gasteiger partial charge in [0.1, 0.15) is 5.75 Å². The molecule has 0 radical (unpaired) electrons. The lowest BCUT2D eigenvalue weighted by molar-refractivity contribution is -0.141. The first-order chi connectivity index (χ1) is 9.01. The molecule has 1 aromatic rings. The Hall–Kier alpha value is -1.55. The van der Waals surface area contributed by atoms with Gasteiger partial charge in [-0.3, -0.25) is 4.79 Å². The summed E-state index contributed by atoms with van der Waals surface area (Å²) in [5, 5.41) is 12.5. The number of piperidine rings is 1. The molecular weight excluding hydrogens is 240 g/mol. The molecule has 1 saturated heterocycles. The first kappa shape index (κ1) is 13.9. The molecule has 0 spiro atoms. The Morgan fingerprint density at radius 1 is 1.32 bits per heavy atom. The van der Waals surface area contributed by atoms with Crippen molar-refractivity contribution in [2.24, 2.45) is 5.41 Å². The van der Waals surface area contributed by atoms with Gasteiger partial charge in [0.2, 0.25) is 5.91 Å². The molecule has 2 N–H and O–H groups in total. The number of benzene rings is 1. The van der Waals surface area contributed by atoms with E-state index in [0.717, 1.165) is 31.5 Å². The zero-order chi connectivity index (χ0) is 13.9. The van der Waals surface area contributed by atoms with Crippen molar-refractivity contribution in [1.29, 1.82) is 0 Å². The van der Waals surface area contributed by atoms with Gasteiger partial charge in [-0.15, -0.1) is 0 Å². The third-order valence-corrected chi connectivity index (χ3v) is 3.93.